The first-order chi connectivity index (χ1) is 11.5. The normalized spacial score (nSPS) is 22.2. The number of carbonyl (C=O) groups is 3. The van der Waals surface area contributed by atoms with Gasteiger partial charge in [-0.25, -0.2) is 4.79 Å². The molecule has 2 aliphatic rings. The number of nitrogens with one attached hydrogen (secondary N) is 2. The summed E-state index contributed by atoms with van der Waals surface area (Å²) in [5.74, 6) is -0.491. The summed E-state index contributed by atoms with van der Waals surface area (Å²) in [5.41, 5.74) is 0.386. The summed E-state index contributed by atoms with van der Waals surface area (Å²) < 4.78 is 4.75. The number of anilines is 1. The van der Waals surface area contributed by atoms with Gasteiger partial charge in [0.2, 0.25) is 11.8 Å². The van der Waals surface area contributed by atoms with Crippen LogP contribution in [0, 0.1) is 11.8 Å². The van der Waals surface area contributed by atoms with Gasteiger partial charge in [0.25, 0.3) is 0 Å². The van der Waals surface area contributed by atoms with Gasteiger partial charge in [0.1, 0.15) is 11.0 Å². The highest BCUT2D eigenvalue weighted by atomic mass is 32.1. The number of esters is 1. The molecule has 24 heavy (non-hydrogen) atoms. The quantitative estimate of drug-likeness (QED) is 0.759. The van der Waals surface area contributed by atoms with Crippen LogP contribution in [0.25, 0.3) is 0 Å². The minimum absolute atomic E-state index is 0.0823. The van der Waals surface area contributed by atoms with Crippen LogP contribution in [0.3, 0.4) is 0 Å². The van der Waals surface area contributed by atoms with Crippen molar-refractivity contribution in [1.82, 2.24) is 10.6 Å². The number of nitrogens with zero attached hydrogens (tertiary/aromatic N) is 1. The molecule has 2 saturated heterocycles. The highest BCUT2D eigenvalue weighted by Gasteiger charge is 2.38. The summed E-state index contributed by atoms with van der Waals surface area (Å²) in [4.78, 5) is 38.3. The SMILES string of the molecule is COC(=O)c1ccsc1N1CCC(NC(=O)C(C)C2CNC2)C1=O. The van der Waals surface area contributed by atoms with E-state index in [0.29, 0.717) is 29.4 Å². The maximum absolute atomic E-state index is 12.6. The number of rotatable bonds is 5. The predicted octanol–water partition coefficient (Wildman–Crippen LogP) is 0.612. The summed E-state index contributed by atoms with van der Waals surface area (Å²) >= 11 is 1.32. The molecule has 2 amide bonds. The average Bonchev–Trinajstić information content (AvgIpc) is 3.12. The van der Waals surface area contributed by atoms with Gasteiger partial charge in [0.05, 0.1) is 12.7 Å². The Morgan fingerprint density at radius 1 is 1.46 bits per heavy atom. The molecule has 2 fully saturated rings. The Morgan fingerprint density at radius 2 is 2.21 bits per heavy atom. The zero-order valence-corrected chi connectivity index (χ0v) is 14.5. The lowest BCUT2D eigenvalue weighted by molar-refractivity contribution is -0.130. The van der Waals surface area contributed by atoms with Crippen molar-refractivity contribution >= 4 is 34.1 Å². The fraction of sp³-hybridized carbons (Fsp3) is 0.562. The molecule has 130 valence electrons. The van der Waals surface area contributed by atoms with Gasteiger partial charge in [-0.2, -0.15) is 0 Å². The maximum Gasteiger partial charge on any atom is 0.340 e. The second-order valence-corrected chi connectivity index (χ2v) is 7.07. The second-order valence-electron chi connectivity index (χ2n) is 6.18. The lowest BCUT2D eigenvalue weighted by Crippen LogP contribution is -2.52. The van der Waals surface area contributed by atoms with E-state index in [0.717, 1.165) is 13.1 Å². The minimum Gasteiger partial charge on any atom is -0.465 e. The Labute approximate surface area is 144 Å². The van der Waals surface area contributed by atoms with Crippen LogP contribution in [0.2, 0.25) is 0 Å². The topological polar surface area (TPSA) is 87.7 Å². The zero-order valence-electron chi connectivity index (χ0n) is 13.7. The van der Waals surface area contributed by atoms with Crippen LogP contribution in [-0.4, -0.2) is 50.6 Å². The van der Waals surface area contributed by atoms with Crippen molar-refractivity contribution < 1.29 is 19.1 Å². The van der Waals surface area contributed by atoms with Crippen LogP contribution in [0.5, 0.6) is 0 Å². The van der Waals surface area contributed by atoms with E-state index in [-0.39, 0.29) is 17.7 Å². The molecule has 0 saturated carbocycles. The number of hydrogen-bond donors (Lipinski definition) is 2. The van der Waals surface area contributed by atoms with E-state index >= 15 is 0 Å². The van der Waals surface area contributed by atoms with Crippen LogP contribution < -0.4 is 15.5 Å². The molecule has 7 nitrogen and oxygen atoms in total. The van der Waals surface area contributed by atoms with Gasteiger partial charge in [-0.05, 0) is 36.9 Å². The Bertz CT molecular complexity index is 656. The molecule has 2 N–H and O–H groups in total. The molecular formula is C16H21N3O4S. The molecule has 2 unspecified atom stereocenters. The van der Waals surface area contributed by atoms with E-state index in [2.05, 4.69) is 10.6 Å². The smallest absolute Gasteiger partial charge is 0.340 e. The van der Waals surface area contributed by atoms with Gasteiger partial charge in [0.15, 0.2) is 0 Å². The summed E-state index contributed by atoms with van der Waals surface area (Å²) in [5, 5.41) is 8.35. The van der Waals surface area contributed by atoms with Crippen molar-refractivity contribution in [1.29, 1.82) is 0 Å². The van der Waals surface area contributed by atoms with E-state index in [1.807, 2.05) is 6.92 Å². The molecule has 8 heteroatoms. The van der Waals surface area contributed by atoms with Gasteiger partial charge in [-0.15, -0.1) is 11.3 Å². The molecule has 0 bridgehead atoms. The molecule has 1 aromatic heterocycles. The van der Waals surface area contributed by atoms with Crippen molar-refractivity contribution in [2.75, 3.05) is 31.6 Å². The highest BCUT2D eigenvalue weighted by molar-refractivity contribution is 7.14. The van der Waals surface area contributed by atoms with Crippen molar-refractivity contribution in [3.05, 3.63) is 17.0 Å². The van der Waals surface area contributed by atoms with Crippen molar-refractivity contribution in [2.45, 2.75) is 19.4 Å². The lowest BCUT2D eigenvalue weighted by Gasteiger charge is -2.32. The summed E-state index contributed by atoms with van der Waals surface area (Å²) in [6, 6.07) is 1.12. The number of thiophene rings is 1. The molecule has 0 aliphatic carbocycles. The fourth-order valence-corrected chi connectivity index (χ4v) is 3.89. The van der Waals surface area contributed by atoms with Gasteiger partial charge in [0, 0.05) is 12.5 Å². The molecule has 3 rings (SSSR count). The first-order valence-electron chi connectivity index (χ1n) is 8.01. The van der Waals surface area contributed by atoms with Gasteiger partial charge in [-0.3, -0.25) is 9.59 Å². The van der Waals surface area contributed by atoms with Crippen molar-refractivity contribution in [3.63, 3.8) is 0 Å². The number of amides is 2. The number of hydrogen-bond acceptors (Lipinski definition) is 6. The molecule has 2 aliphatic heterocycles. The van der Waals surface area contributed by atoms with E-state index in [9.17, 15) is 14.4 Å². The summed E-state index contributed by atoms with van der Waals surface area (Å²) in [7, 11) is 1.31. The third-order valence-electron chi connectivity index (χ3n) is 4.75. The molecular weight excluding hydrogens is 330 g/mol. The molecule has 2 atom stereocenters. The minimum atomic E-state index is -0.527. The van der Waals surface area contributed by atoms with Crippen molar-refractivity contribution in [3.8, 4) is 0 Å². The maximum atomic E-state index is 12.6. The third kappa shape index (κ3) is 3.03. The van der Waals surface area contributed by atoms with Crippen LogP contribution >= 0.6 is 11.3 Å². The van der Waals surface area contributed by atoms with Gasteiger partial charge < -0.3 is 20.3 Å². The largest absolute Gasteiger partial charge is 0.465 e. The molecule has 0 spiro atoms. The molecule has 3 heterocycles. The van der Waals surface area contributed by atoms with E-state index in [1.165, 1.54) is 18.4 Å². The summed E-state index contributed by atoms with van der Waals surface area (Å²) in [6.07, 6.45) is 0.540. The highest BCUT2D eigenvalue weighted by Crippen LogP contribution is 2.32. The standard InChI is InChI=1S/C16H21N3O4S/c1-9(10-7-17-8-10)13(20)18-12-3-5-19(14(12)21)15-11(4-6-24-15)16(22)23-2/h4,6,9-10,12,17H,3,5,7-8H2,1-2H3,(H,18,20). The van der Waals surface area contributed by atoms with Crippen LogP contribution in [0.4, 0.5) is 5.00 Å². The Hall–Kier alpha value is -1.93. The Balaban J connectivity index is 1.66. The monoisotopic (exact) mass is 351 g/mol. The first-order valence-corrected chi connectivity index (χ1v) is 8.89. The average molecular weight is 351 g/mol. The molecule has 1 aromatic rings. The third-order valence-corrected chi connectivity index (χ3v) is 5.69. The lowest BCUT2D eigenvalue weighted by atomic mass is 9.88. The zero-order chi connectivity index (χ0) is 17.3. The Kier molecular flexibility index (Phi) is 4.86. The fourth-order valence-electron chi connectivity index (χ4n) is 2.97. The van der Waals surface area contributed by atoms with Crippen LogP contribution in [0.1, 0.15) is 23.7 Å². The Morgan fingerprint density at radius 3 is 2.83 bits per heavy atom. The van der Waals surface area contributed by atoms with E-state index < -0.39 is 12.0 Å². The predicted molar refractivity (Wildman–Crippen MR) is 90.1 cm³/mol. The van der Waals surface area contributed by atoms with Crippen LogP contribution in [-0.2, 0) is 14.3 Å². The van der Waals surface area contributed by atoms with Crippen molar-refractivity contribution in [2.24, 2.45) is 11.8 Å². The number of carbonyl (C=O) groups excluding carboxylic acids is 3. The van der Waals surface area contributed by atoms with Gasteiger partial charge in [-0.1, -0.05) is 6.92 Å². The second kappa shape index (κ2) is 6.90. The summed E-state index contributed by atoms with van der Waals surface area (Å²) in [6.45, 7) is 4.06. The van der Waals surface area contributed by atoms with Crippen LogP contribution in [0.15, 0.2) is 11.4 Å². The van der Waals surface area contributed by atoms with E-state index in [1.54, 1.807) is 16.3 Å². The van der Waals surface area contributed by atoms with E-state index in [4.69, 9.17) is 4.74 Å². The van der Waals surface area contributed by atoms with Gasteiger partial charge >= 0.3 is 5.97 Å². The number of methoxy groups -OCH3 is 1. The number of ether oxygens (including phenoxy) is 1. The molecule has 0 aromatic carbocycles. The first kappa shape index (κ1) is 16.9. The molecule has 0 radical (unpaired) electrons.